The highest BCUT2D eigenvalue weighted by molar-refractivity contribution is 9.10. The van der Waals surface area contributed by atoms with Crippen LogP contribution in [0.5, 0.6) is 0 Å². The van der Waals surface area contributed by atoms with E-state index >= 15 is 0 Å². The number of halogens is 2. The van der Waals surface area contributed by atoms with Gasteiger partial charge in [0.1, 0.15) is 5.82 Å². The summed E-state index contributed by atoms with van der Waals surface area (Å²) in [4.78, 5) is 4.94. The summed E-state index contributed by atoms with van der Waals surface area (Å²) >= 11 is 3.27. The Morgan fingerprint density at radius 3 is 2.90 bits per heavy atom. The summed E-state index contributed by atoms with van der Waals surface area (Å²) in [6.07, 6.45) is 3.88. The first-order valence-electron chi connectivity index (χ1n) is 7.31. The van der Waals surface area contributed by atoms with E-state index in [0.29, 0.717) is 22.2 Å². The molecule has 0 bridgehead atoms. The van der Waals surface area contributed by atoms with Gasteiger partial charge in [-0.2, -0.15) is 0 Å². The van der Waals surface area contributed by atoms with Gasteiger partial charge < -0.3 is 10.6 Å². The van der Waals surface area contributed by atoms with Crippen LogP contribution >= 0.6 is 15.9 Å². The molecular formula is C15H21BrFN3. The van der Waals surface area contributed by atoms with Gasteiger partial charge in [-0.25, -0.2) is 4.39 Å². The number of benzene rings is 1. The summed E-state index contributed by atoms with van der Waals surface area (Å²) in [6.45, 7) is 5.50. The molecule has 0 saturated carbocycles. The lowest BCUT2D eigenvalue weighted by Gasteiger charge is -2.48. The van der Waals surface area contributed by atoms with Gasteiger partial charge in [-0.3, -0.25) is 4.90 Å². The molecule has 2 aliphatic heterocycles. The molecule has 0 amide bonds. The van der Waals surface area contributed by atoms with Crippen LogP contribution in [0.3, 0.4) is 0 Å². The lowest BCUT2D eigenvalue weighted by molar-refractivity contribution is 0.115. The Kier molecular flexibility index (Phi) is 3.91. The zero-order valence-corrected chi connectivity index (χ0v) is 13.4. The maximum absolute atomic E-state index is 13.5. The van der Waals surface area contributed by atoms with Crippen LogP contribution in [-0.2, 0) is 0 Å². The first-order chi connectivity index (χ1) is 9.56. The highest BCUT2D eigenvalue weighted by Crippen LogP contribution is 2.34. The van der Waals surface area contributed by atoms with E-state index in [1.165, 1.54) is 31.9 Å². The van der Waals surface area contributed by atoms with E-state index in [9.17, 15) is 4.39 Å². The molecule has 110 valence electrons. The SMILES string of the molecule is CC1CN2CCCCC2CN1c1cc(Br)c(F)cc1N. The summed E-state index contributed by atoms with van der Waals surface area (Å²) in [6, 6.07) is 4.26. The zero-order valence-electron chi connectivity index (χ0n) is 11.8. The van der Waals surface area contributed by atoms with Crippen molar-refractivity contribution in [3.8, 4) is 0 Å². The fraction of sp³-hybridized carbons (Fsp3) is 0.600. The topological polar surface area (TPSA) is 32.5 Å². The van der Waals surface area contributed by atoms with Crippen molar-refractivity contribution < 1.29 is 4.39 Å². The molecule has 2 atom stereocenters. The van der Waals surface area contributed by atoms with Crippen LogP contribution in [0.4, 0.5) is 15.8 Å². The molecule has 20 heavy (non-hydrogen) atoms. The summed E-state index contributed by atoms with van der Waals surface area (Å²) in [5, 5.41) is 0. The second kappa shape index (κ2) is 5.53. The van der Waals surface area contributed by atoms with E-state index in [2.05, 4.69) is 32.7 Å². The number of nitrogen functional groups attached to an aromatic ring is 1. The van der Waals surface area contributed by atoms with Crippen molar-refractivity contribution in [1.82, 2.24) is 4.90 Å². The van der Waals surface area contributed by atoms with Gasteiger partial charge in [-0.05, 0) is 48.3 Å². The third-order valence-electron chi connectivity index (χ3n) is 4.57. The van der Waals surface area contributed by atoms with E-state index in [4.69, 9.17) is 5.73 Å². The predicted octanol–water partition coefficient (Wildman–Crippen LogP) is 3.23. The molecule has 2 aliphatic rings. The number of nitrogens with zero attached hydrogens (tertiary/aromatic N) is 2. The van der Waals surface area contributed by atoms with Gasteiger partial charge in [-0.15, -0.1) is 0 Å². The van der Waals surface area contributed by atoms with Gasteiger partial charge in [0.15, 0.2) is 0 Å². The van der Waals surface area contributed by atoms with Crippen molar-refractivity contribution in [3.05, 3.63) is 22.4 Å². The maximum atomic E-state index is 13.5. The van der Waals surface area contributed by atoms with Crippen molar-refractivity contribution in [2.45, 2.75) is 38.3 Å². The minimum atomic E-state index is -0.296. The Morgan fingerprint density at radius 2 is 2.10 bits per heavy atom. The molecular weight excluding hydrogens is 321 g/mol. The number of fused-ring (bicyclic) bond motifs is 1. The first kappa shape index (κ1) is 14.1. The van der Waals surface area contributed by atoms with Crippen LogP contribution in [0.2, 0.25) is 0 Å². The lowest BCUT2D eigenvalue weighted by atomic mass is 9.96. The number of anilines is 2. The van der Waals surface area contributed by atoms with Crippen LogP contribution < -0.4 is 10.6 Å². The Labute approximate surface area is 128 Å². The normalized spacial score (nSPS) is 27.4. The Balaban J connectivity index is 1.88. The zero-order chi connectivity index (χ0) is 14.3. The van der Waals surface area contributed by atoms with Crippen molar-refractivity contribution in [2.75, 3.05) is 30.3 Å². The molecule has 2 heterocycles. The third kappa shape index (κ3) is 2.53. The van der Waals surface area contributed by atoms with E-state index in [1.807, 2.05) is 6.07 Å². The molecule has 0 aromatic heterocycles. The molecule has 2 saturated heterocycles. The monoisotopic (exact) mass is 341 g/mol. The molecule has 0 radical (unpaired) electrons. The average Bonchev–Trinajstić information content (AvgIpc) is 2.42. The number of piperidine rings is 1. The standard InChI is InChI=1S/C15H21BrFN3/c1-10-8-19-5-3-2-4-11(19)9-20(10)15-6-12(16)13(17)7-14(15)18/h6-7,10-11H,2-5,8-9,18H2,1H3. The molecule has 3 rings (SSSR count). The predicted molar refractivity (Wildman–Crippen MR) is 84.5 cm³/mol. The van der Waals surface area contributed by atoms with Crippen molar-refractivity contribution in [3.63, 3.8) is 0 Å². The lowest BCUT2D eigenvalue weighted by Crippen LogP contribution is -2.59. The molecule has 2 fully saturated rings. The second-order valence-electron chi connectivity index (χ2n) is 5.97. The van der Waals surface area contributed by atoms with Crippen LogP contribution in [0.25, 0.3) is 0 Å². The molecule has 1 aromatic carbocycles. The average molecular weight is 342 g/mol. The maximum Gasteiger partial charge on any atom is 0.139 e. The summed E-state index contributed by atoms with van der Waals surface area (Å²) in [5.41, 5.74) is 7.52. The number of hydrogen-bond donors (Lipinski definition) is 1. The van der Waals surface area contributed by atoms with Gasteiger partial charge in [0.2, 0.25) is 0 Å². The van der Waals surface area contributed by atoms with Crippen LogP contribution in [0.15, 0.2) is 16.6 Å². The molecule has 2 N–H and O–H groups in total. The number of rotatable bonds is 1. The molecule has 1 aromatic rings. The van der Waals surface area contributed by atoms with Gasteiger partial charge in [-0.1, -0.05) is 6.42 Å². The van der Waals surface area contributed by atoms with Gasteiger partial charge in [0.05, 0.1) is 15.8 Å². The summed E-state index contributed by atoms with van der Waals surface area (Å²) in [5.74, 6) is -0.296. The molecule has 0 spiro atoms. The number of nitrogens with two attached hydrogens (primary N) is 1. The Bertz CT molecular complexity index is 508. The first-order valence-corrected chi connectivity index (χ1v) is 8.11. The van der Waals surface area contributed by atoms with E-state index in [-0.39, 0.29) is 5.82 Å². The smallest absolute Gasteiger partial charge is 0.139 e. The molecule has 2 unspecified atom stereocenters. The molecule has 0 aliphatic carbocycles. The fourth-order valence-corrected chi connectivity index (χ4v) is 3.82. The van der Waals surface area contributed by atoms with Gasteiger partial charge in [0.25, 0.3) is 0 Å². The summed E-state index contributed by atoms with van der Waals surface area (Å²) in [7, 11) is 0. The highest BCUT2D eigenvalue weighted by atomic mass is 79.9. The van der Waals surface area contributed by atoms with Crippen LogP contribution in [0, 0.1) is 5.82 Å². The van der Waals surface area contributed by atoms with E-state index < -0.39 is 0 Å². The van der Waals surface area contributed by atoms with Crippen LogP contribution in [-0.4, -0.2) is 36.6 Å². The van der Waals surface area contributed by atoms with E-state index in [0.717, 1.165) is 18.8 Å². The van der Waals surface area contributed by atoms with Gasteiger partial charge in [0, 0.05) is 31.2 Å². The Hall–Kier alpha value is -0.810. The largest absolute Gasteiger partial charge is 0.397 e. The quantitative estimate of drug-likeness (QED) is 0.796. The van der Waals surface area contributed by atoms with Gasteiger partial charge >= 0.3 is 0 Å². The summed E-state index contributed by atoms with van der Waals surface area (Å²) < 4.78 is 14.0. The second-order valence-corrected chi connectivity index (χ2v) is 6.83. The van der Waals surface area contributed by atoms with Crippen molar-refractivity contribution >= 4 is 27.3 Å². The number of piperazine rings is 1. The highest BCUT2D eigenvalue weighted by Gasteiger charge is 2.33. The Morgan fingerprint density at radius 1 is 1.30 bits per heavy atom. The molecule has 3 nitrogen and oxygen atoms in total. The van der Waals surface area contributed by atoms with E-state index in [1.54, 1.807) is 0 Å². The van der Waals surface area contributed by atoms with Crippen molar-refractivity contribution in [2.24, 2.45) is 0 Å². The van der Waals surface area contributed by atoms with Crippen LogP contribution in [0.1, 0.15) is 26.2 Å². The molecule has 5 heteroatoms. The minimum absolute atomic E-state index is 0.296. The number of hydrogen-bond acceptors (Lipinski definition) is 3. The fourth-order valence-electron chi connectivity index (χ4n) is 3.49. The third-order valence-corrected chi connectivity index (χ3v) is 5.17. The minimum Gasteiger partial charge on any atom is -0.397 e. The van der Waals surface area contributed by atoms with Crippen molar-refractivity contribution in [1.29, 1.82) is 0 Å².